The summed E-state index contributed by atoms with van der Waals surface area (Å²) in [6, 6.07) is 15.0. The predicted molar refractivity (Wildman–Crippen MR) is 131 cm³/mol. The van der Waals surface area contributed by atoms with Crippen molar-refractivity contribution in [1.82, 2.24) is 0 Å². The summed E-state index contributed by atoms with van der Waals surface area (Å²) >= 11 is 3.25. The number of amides is 2. The monoisotopic (exact) mass is 454 g/mol. The Kier molecular flexibility index (Phi) is 7.08. The van der Waals surface area contributed by atoms with Crippen LogP contribution in [0, 0.1) is 6.92 Å². The molecule has 0 atom stereocenters. The lowest BCUT2D eigenvalue weighted by atomic mass is 10.1. The van der Waals surface area contributed by atoms with Crippen LogP contribution in [0.2, 0.25) is 0 Å². The highest BCUT2D eigenvalue weighted by molar-refractivity contribution is 7.98. The van der Waals surface area contributed by atoms with Crippen LogP contribution in [0.15, 0.2) is 58.8 Å². The van der Waals surface area contributed by atoms with Gasteiger partial charge in [0, 0.05) is 15.3 Å². The Bertz CT molecular complexity index is 1080. The highest BCUT2D eigenvalue weighted by Gasteiger charge is 2.19. The smallest absolute Gasteiger partial charge is 0.412 e. The van der Waals surface area contributed by atoms with Gasteiger partial charge in [0.25, 0.3) is 5.91 Å². The average Bonchev–Trinajstić information content (AvgIpc) is 3.14. The maximum atomic E-state index is 12.9. The van der Waals surface area contributed by atoms with Gasteiger partial charge in [0.1, 0.15) is 5.60 Å². The van der Waals surface area contributed by atoms with Gasteiger partial charge in [-0.2, -0.15) is 0 Å². The Morgan fingerprint density at radius 1 is 0.968 bits per heavy atom. The molecule has 7 heteroatoms. The molecule has 1 heterocycles. The van der Waals surface area contributed by atoms with Gasteiger partial charge in [0.15, 0.2) is 0 Å². The van der Waals surface area contributed by atoms with Crippen molar-refractivity contribution in [3.8, 4) is 10.4 Å². The van der Waals surface area contributed by atoms with Crippen LogP contribution >= 0.6 is 23.1 Å². The first-order valence-corrected chi connectivity index (χ1v) is 11.9. The van der Waals surface area contributed by atoms with Crippen molar-refractivity contribution >= 4 is 46.5 Å². The summed E-state index contributed by atoms with van der Waals surface area (Å²) in [5, 5.41) is 7.77. The largest absolute Gasteiger partial charge is 0.444 e. The number of carbonyl (C=O) groups excluding carboxylic acids is 2. The molecule has 0 unspecified atom stereocenters. The molecule has 0 spiro atoms. The van der Waals surface area contributed by atoms with Gasteiger partial charge < -0.3 is 10.1 Å². The van der Waals surface area contributed by atoms with Gasteiger partial charge in [0.05, 0.1) is 11.4 Å². The maximum Gasteiger partial charge on any atom is 0.412 e. The number of benzene rings is 2. The summed E-state index contributed by atoms with van der Waals surface area (Å²) in [5.74, 6) is -0.251. The summed E-state index contributed by atoms with van der Waals surface area (Å²) in [7, 11) is 0. The van der Waals surface area contributed by atoms with Gasteiger partial charge in [-0.15, -0.1) is 23.1 Å². The third-order valence-electron chi connectivity index (χ3n) is 4.27. The van der Waals surface area contributed by atoms with Gasteiger partial charge in [-0.25, -0.2) is 4.79 Å². The fraction of sp³-hybridized carbons (Fsp3) is 0.250. The van der Waals surface area contributed by atoms with E-state index in [4.69, 9.17) is 4.74 Å². The molecule has 0 aliphatic heterocycles. The van der Waals surface area contributed by atoms with Crippen molar-refractivity contribution in [2.24, 2.45) is 0 Å². The van der Waals surface area contributed by atoms with E-state index in [0.29, 0.717) is 16.9 Å². The predicted octanol–water partition coefficient (Wildman–Crippen LogP) is 7.04. The number of hydrogen-bond acceptors (Lipinski definition) is 5. The molecule has 0 fully saturated rings. The highest BCUT2D eigenvalue weighted by Crippen LogP contribution is 2.33. The quantitative estimate of drug-likeness (QED) is 0.406. The minimum atomic E-state index is -0.624. The van der Waals surface area contributed by atoms with Crippen molar-refractivity contribution in [3.63, 3.8) is 0 Å². The third-order valence-corrected chi connectivity index (χ3v) is 6.11. The van der Waals surface area contributed by atoms with E-state index >= 15 is 0 Å². The van der Waals surface area contributed by atoms with Gasteiger partial charge in [-0.1, -0.05) is 6.07 Å². The van der Waals surface area contributed by atoms with Crippen molar-refractivity contribution in [2.45, 2.75) is 38.2 Å². The lowest BCUT2D eigenvalue weighted by Crippen LogP contribution is -2.27. The highest BCUT2D eigenvalue weighted by atomic mass is 32.2. The number of carbonyl (C=O) groups is 2. The van der Waals surface area contributed by atoms with E-state index in [0.717, 1.165) is 15.3 Å². The van der Waals surface area contributed by atoms with Gasteiger partial charge in [0.2, 0.25) is 0 Å². The maximum absolute atomic E-state index is 12.9. The molecular weight excluding hydrogens is 428 g/mol. The second-order valence-electron chi connectivity index (χ2n) is 8.06. The van der Waals surface area contributed by atoms with E-state index < -0.39 is 11.7 Å². The molecule has 0 aliphatic carbocycles. The van der Waals surface area contributed by atoms with Crippen LogP contribution in [0.4, 0.5) is 16.2 Å². The molecule has 0 radical (unpaired) electrons. The first-order valence-electron chi connectivity index (χ1n) is 9.79. The SMILES string of the molecule is CSc1ccc(C(=O)Nc2cc(-c3cc(C)cs3)ccc2NC(=O)OC(C)(C)C)cc1. The average molecular weight is 455 g/mol. The molecule has 3 rings (SSSR count). The zero-order chi connectivity index (χ0) is 22.6. The van der Waals surface area contributed by atoms with Crippen molar-refractivity contribution in [2.75, 3.05) is 16.9 Å². The van der Waals surface area contributed by atoms with E-state index in [-0.39, 0.29) is 5.91 Å². The van der Waals surface area contributed by atoms with E-state index in [9.17, 15) is 9.59 Å². The normalized spacial score (nSPS) is 11.1. The molecule has 0 aliphatic rings. The Hall–Kier alpha value is -2.77. The fourth-order valence-electron chi connectivity index (χ4n) is 2.84. The second kappa shape index (κ2) is 9.58. The Labute approximate surface area is 191 Å². The number of hydrogen-bond donors (Lipinski definition) is 2. The molecule has 2 aromatic carbocycles. The molecule has 3 aromatic rings. The molecule has 0 saturated carbocycles. The first kappa shape index (κ1) is 22.9. The van der Waals surface area contributed by atoms with Crippen molar-refractivity contribution in [1.29, 1.82) is 0 Å². The summed E-state index contributed by atoms with van der Waals surface area (Å²) in [5.41, 5.74) is 3.03. The molecule has 5 nitrogen and oxygen atoms in total. The second-order valence-corrected chi connectivity index (χ2v) is 9.85. The van der Waals surface area contributed by atoms with Crippen LogP contribution in [-0.2, 0) is 4.74 Å². The van der Waals surface area contributed by atoms with Crippen LogP contribution in [0.25, 0.3) is 10.4 Å². The van der Waals surface area contributed by atoms with Gasteiger partial charge in [-0.3, -0.25) is 10.1 Å². The van der Waals surface area contributed by atoms with E-state index in [1.54, 1.807) is 62.1 Å². The summed E-state index contributed by atoms with van der Waals surface area (Å²) in [4.78, 5) is 27.4. The van der Waals surface area contributed by atoms with Crippen molar-refractivity contribution < 1.29 is 14.3 Å². The molecule has 2 amide bonds. The van der Waals surface area contributed by atoms with Gasteiger partial charge in [-0.05, 0) is 92.9 Å². The Morgan fingerprint density at radius 3 is 2.26 bits per heavy atom. The van der Waals surface area contributed by atoms with Crippen LogP contribution in [0.5, 0.6) is 0 Å². The van der Waals surface area contributed by atoms with Crippen molar-refractivity contribution in [3.05, 3.63) is 65.0 Å². The number of nitrogens with one attached hydrogen (secondary N) is 2. The third kappa shape index (κ3) is 6.35. The topological polar surface area (TPSA) is 67.4 Å². The number of thiophene rings is 1. The number of aryl methyl sites for hydroxylation is 1. The summed E-state index contributed by atoms with van der Waals surface area (Å²) in [6.07, 6.45) is 1.41. The molecule has 31 heavy (non-hydrogen) atoms. The zero-order valence-corrected chi connectivity index (χ0v) is 19.9. The molecule has 162 valence electrons. The number of rotatable bonds is 5. The summed E-state index contributed by atoms with van der Waals surface area (Å²) < 4.78 is 5.37. The lowest BCUT2D eigenvalue weighted by Gasteiger charge is -2.21. The van der Waals surface area contributed by atoms with Crippen LogP contribution in [0.1, 0.15) is 36.7 Å². The number of anilines is 2. The fourth-order valence-corrected chi connectivity index (χ4v) is 4.15. The molecule has 0 saturated heterocycles. The minimum Gasteiger partial charge on any atom is -0.444 e. The minimum absolute atomic E-state index is 0.251. The molecule has 2 N–H and O–H groups in total. The Balaban J connectivity index is 1.90. The molecule has 1 aromatic heterocycles. The zero-order valence-electron chi connectivity index (χ0n) is 18.2. The van der Waals surface area contributed by atoms with E-state index in [1.165, 1.54) is 5.56 Å². The molecular formula is C24H26N2O3S2. The standard InChI is InChI=1S/C24H26N2O3S2/c1-15-12-21(31-14-15)17-8-11-19(26-23(28)29-24(2,3)4)20(13-17)25-22(27)16-6-9-18(30-5)10-7-16/h6-14H,1-5H3,(H,25,27)(H,26,28). The first-order chi connectivity index (χ1) is 14.6. The number of ether oxygens (including phenoxy) is 1. The van der Waals surface area contributed by atoms with Crippen LogP contribution < -0.4 is 10.6 Å². The van der Waals surface area contributed by atoms with Crippen LogP contribution in [0.3, 0.4) is 0 Å². The lowest BCUT2D eigenvalue weighted by molar-refractivity contribution is 0.0635. The molecule has 0 bridgehead atoms. The van der Waals surface area contributed by atoms with Crippen LogP contribution in [-0.4, -0.2) is 23.9 Å². The Morgan fingerprint density at radius 2 is 1.68 bits per heavy atom. The number of thioether (sulfide) groups is 1. The summed E-state index contributed by atoms with van der Waals surface area (Å²) in [6.45, 7) is 7.45. The van der Waals surface area contributed by atoms with E-state index in [2.05, 4.69) is 22.1 Å². The van der Waals surface area contributed by atoms with E-state index in [1.807, 2.05) is 37.4 Å². The van der Waals surface area contributed by atoms with Gasteiger partial charge >= 0.3 is 6.09 Å².